The first-order valence-electron chi connectivity index (χ1n) is 9.87. The van der Waals surface area contributed by atoms with Crippen LogP contribution in [-0.4, -0.2) is 36.6 Å². The third-order valence-electron chi connectivity index (χ3n) is 6.30. The van der Waals surface area contributed by atoms with Crippen molar-refractivity contribution in [1.29, 1.82) is 0 Å². The fourth-order valence-electron chi connectivity index (χ4n) is 4.90. The highest BCUT2D eigenvalue weighted by molar-refractivity contribution is 5.86. The number of likely N-dealkylation sites (tertiary alicyclic amines) is 1. The van der Waals surface area contributed by atoms with Crippen LogP contribution in [0.2, 0.25) is 0 Å². The standard InChI is InChI=1S/C23H27N3/c1-16-6-5-7-19-20(15-24-22(16)19)23(26-11-3-4-12-26)18-8-9-21-17(14-18)10-13-25(21)2/h5-9,14-15,23-24H,3-4,10-13H2,1-2H3. The van der Waals surface area contributed by atoms with Crippen molar-refractivity contribution in [2.45, 2.75) is 32.2 Å². The van der Waals surface area contributed by atoms with Crippen LogP contribution in [0.25, 0.3) is 10.9 Å². The lowest BCUT2D eigenvalue weighted by molar-refractivity contribution is 0.282. The normalized spacial score (nSPS) is 18.6. The fourth-order valence-corrected chi connectivity index (χ4v) is 4.90. The minimum absolute atomic E-state index is 0.351. The molecular weight excluding hydrogens is 318 g/mol. The molecule has 3 heteroatoms. The summed E-state index contributed by atoms with van der Waals surface area (Å²) in [6.45, 7) is 5.72. The Morgan fingerprint density at radius 3 is 2.73 bits per heavy atom. The number of nitrogens with one attached hydrogen (secondary N) is 1. The van der Waals surface area contributed by atoms with E-state index in [0.717, 1.165) is 6.54 Å². The highest BCUT2D eigenvalue weighted by atomic mass is 15.2. The summed E-state index contributed by atoms with van der Waals surface area (Å²) in [4.78, 5) is 8.60. The first-order valence-corrected chi connectivity index (χ1v) is 9.87. The van der Waals surface area contributed by atoms with Crippen molar-refractivity contribution in [2.24, 2.45) is 0 Å². The van der Waals surface area contributed by atoms with Crippen LogP contribution in [0.5, 0.6) is 0 Å². The molecule has 5 rings (SSSR count). The maximum absolute atomic E-state index is 3.55. The molecule has 26 heavy (non-hydrogen) atoms. The van der Waals surface area contributed by atoms with Crippen LogP contribution in [0.1, 0.15) is 41.1 Å². The number of H-pyrrole nitrogens is 1. The van der Waals surface area contributed by atoms with E-state index in [-0.39, 0.29) is 0 Å². The summed E-state index contributed by atoms with van der Waals surface area (Å²) in [5.41, 5.74) is 8.39. The van der Waals surface area contributed by atoms with Crippen molar-refractivity contribution in [1.82, 2.24) is 9.88 Å². The van der Waals surface area contributed by atoms with Gasteiger partial charge in [0.1, 0.15) is 0 Å². The van der Waals surface area contributed by atoms with E-state index in [9.17, 15) is 0 Å². The van der Waals surface area contributed by atoms with Gasteiger partial charge in [0.05, 0.1) is 6.04 Å². The predicted molar refractivity (Wildman–Crippen MR) is 109 cm³/mol. The second-order valence-electron chi connectivity index (χ2n) is 7.95. The molecule has 1 atom stereocenters. The zero-order valence-corrected chi connectivity index (χ0v) is 15.8. The molecule has 3 nitrogen and oxygen atoms in total. The number of anilines is 1. The Hall–Kier alpha value is -2.26. The monoisotopic (exact) mass is 345 g/mol. The van der Waals surface area contributed by atoms with Gasteiger partial charge >= 0.3 is 0 Å². The van der Waals surface area contributed by atoms with Gasteiger partial charge in [0.15, 0.2) is 0 Å². The Kier molecular flexibility index (Phi) is 3.79. The molecule has 3 heterocycles. The van der Waals surface area contributed by atoms with Crippen molar-refractivity contribution in [3.8, 4) is 0 Å². The fraction of sp³-hybridized carbons (Fsp3) is 0.391. The van der Waals surface area contributed by atoms with E-state index in [1.165, 1.54) is 71.2 Å². The zero-order chi connectivity index (χ0) is 17.7. The third-order valence-corrected chi connectivity index (χ3v) is 6.30. The van der Waals surface area contributed by atoms with Crippen molar-refractivity contribution in [2.75, 3.05) is 31.6 Å². The molecule has 0 bridgehead atoms. The molecule has 1 unspecified atom stereocenters. The summed E-state index contributed by atoms with van der Waals surface area (Å²) >= 11 is 0. The number of hydrogen-bond donors (Lipinski definition) is 1. The Balaban J connectivity index is 1.65. The number of aromatic nitrogens is 1. The summed E-state index contributed by atoms with van der Waals surface area (Å²) in [6.07, 6.45) is 6.04. The molecule has 0 aliphatic carbocycles. The molecule has 2 aliphatic rings. The Labute approximate surface area is 155 Å². The highest BCUT2D eigenvalue weighted by Gasteiger charge is 2.28. The molecule has 1 N–H and O–H groups in total. The van der Waals surface area contributed by atoms with Crippen LogP contribution in [-0.2, 0) is 6.42 Å². The van der Waals surface area contributed by atoms with Crippen LogP contribution in [0.3, 0.4) is 0 Å². The summed E-state index contributed by atoms with van der Waals surface area (Å²) in [5, 5.41) is 1.37. The maximum Gasteiger partial charge on any atom is 0.0623 e. The summed E-state index contributed by atoms with van der Waals surface area (Å²) in [6, 6.07) is 14.2. The van der Waals surface area contributed by atoms with Crippen LogP contribution in [0, 0.1) is 6.92 Å². The number of aryl methyl sites for hydroxylation is 1. The summed E-state index contributed by atoms with van der Waals surface area (Å²) in [7, 11) is 2.20. The van der Waals surface area contributed by atoms with E-state index in [2.05, 4.69) is 71.4 Å². The molecule has 0 amide bonds. The quantitative estimate of drug-likeness (QED) is 0.746. The number of aromatic amines is 1. The van der Waals surface area contributed by atoms with Gasteiger partial charge in [0.25, 0.3) is 0 Å². The number of para-hydroxylation sites is 1. The molecule has 1 fully saturated rings. The lowest BCUT2D eigenvalue weighted by atomic mass is 9.94. The Morgan fingerprint density at radius 1 is 1.04 bits per heavy atom. The molecule has 1 saturated heterocycles. The Bertz CT molecular complexity index is 949. The van der Waals surface area contributed by atoms with Crippen LogP contribution >= 0.6 is 0 Å². The molecule has 134 valence electrons. The lowest BCUT2D eigenvalue weighted by Gasteiger charge is -2.28. The van der Waals surface area contributed by atoms with E-state index in [4.69, 9.17) is 0 Å². The van der Waals surface area contributed by atoms with Gasteiger partial charge in [0.2, 0.25) is 0 Å². The lowest BCUT2D eigenvalue weighted by Crippen LogP contribution is -2.26. The molecule has 0 saturated carbocycles. The van der Waals surface area contributed by atoms with Gasteiger partial charge < -0.3 is 9.88 Å². The molecule has 1 aromatic heterocycles. The van der Waals surface area contributed by atoms with Gasteiger partial charge in [-0.05, 0) is 67.6 Å². The second-order valence-corrected chi connectivity index (χ2v) is 7.95. The maximum atomic E-state index is 3.55. The molecular formula is C23H27N3. The zero-order valence-electron chi connectivity index (χ0n) is 15.8. The number of rotatable bonds is 3. The van der Waals surface area contributed by atoms with Gasteiger partial charge in [-0.1, -0.05) is 30.3 Å². The van der Waals surface area contributed by atoms with E-state index in [1.54, 1.807) is 0 Å². The van der Waals surface area contributed by atoms with Crippen molar-refractivity contribution in [3.63, 3.8) is 0 Å². The SMILES string of the molecule is Cc1cccc2c(C(c3ccc4c(c3)CCN4C)N3CCCC3)c[nH]c12. The third kappa shape index (κ3) is 2.45. The predicted octanol–water partition coefficient (Wildman–Crippen LogP) is 4.65. The van der Waals surface area contributed by atoms with Crippen molar-refractivity contribution >= 4 is 16.6 Å². The number of nitrogens with zero attached hydrogens (tertiary/aromatic N) is 2. The van der Waals surface area contributed by atoms with E-state index >= 15 is 0 Å². The largest absolute Gasteiger partial charge is 0.374 e. The van der Waals surface area contributed by atoms with E-state index in [1.807, 2.05) is 0 Å². The van der Waals surface area contributed by atoms with Gasteiger partial charge in [-0.3, -0.25) is 4.90 Å². The molecule has 0 radical (unpaired) electrons. The summed E-state index contributed by atoms with van der Waals surface area (Å²) in [5.74, 6) is 0. The number of benzene rings is 2. The molecule has 0 spiro atoms. The smallest absolute Gasteiger partial charge is 0.0623 e. The molecule has 2 aromatic carbocycles. The van der Waals surface area contributed by atoms with E-state index < -0.39 is 0 Å². The minimum Gasteiger partial charge on any atom is -0.374 e. The first-order chi connectivity index (χ1) is 12.7. The van der Waals surface area contributed by atoms with Crippen LogP contribution < -0.4 is 4.90 Å². The average molecular weight is 345 g/mol. The Morgan fingerprint density at radius 2 is 1.88 bits per heavy atom. The molecule has 2 aliphatic heterocycles. The first kappa shape index (κ1) is 16.0. The van der Waals surface area contributed by atoms with Gasteiger partial charge in [0, 0.05) is 36.4 Å². The van der Waals surface area contributed by atoms with Crippen molar-refractivity contribution in [3.05, 3.63) is 64.8 Å². The highest BCUT2D eigenvalue weighted by Crippen LogP contribution is 2.38. The summed E-state index contributed by atoms with van der Waals surface area (Å²) < 4.78 is 0. The van der Waals surface area contributed by atoms with Crippen LogP contribution in [0.15, 0.2) is 42.6 Å². The van der Waals surface area contributed by atoms with Gasteiger partial charge in [-0.25, -0.2) is 0 Å². The average Bonchev–Trinajstić information content (AvgIpc) is 3.38. The van der Waals surface area contributed by atoms with Gasteiger partial charge in [-0.2, -0.15) is 0 Å². The van der Waals surface area contributed by atoms with Crippen LogP contribution in [0.4, 0.5) is 5.69 Å². The van der Waals surface area contributed by atoms with Crippen molar-refractivity contribution < 1.29 is 0 Å². The number of likely N-dealkylation sites (N-methyl/N-ethyl adjacent to an activating group) is 1. The number of hydrogen-bond acceptors (Lipinski definition) is 2. The number of fused-ring (bicyclic) bond motifs is 2. The van der Waals surface area contributed by atoms with E-state index in [0.29, 0.717) is 6.04 Å². The molecule has 3 aromatic rings. The minimum atomic E-state index is 0.351. The second kappa shape index (κ2) is 6.17. The topological polar surface area (TPSA) is 22.3 Å². The van der Waals surface area contributed by atoms with Gasteiger partial charge in [-0.15, -0.1) is 0 Å².